The molecule has 0 radical (unpaired) electrons. The van der Waals surface area contributed by atoms with Crippen molar-refractivity contribution in [2.24, 2.45) is 0 Å². The number of aromatic nitrogens is 2. The van der Waals surface area contributed by atoms with Crippen molar-refractivity contribution in [2.45, 2.75) is 32.2 Å². The van der Waals surface area contributed by atoms with E-state index < -0.39 is 0 Å². The van der Waals surface area contributed by atoms with Gasteiger partial charge < -0.3 is 20.5 Å². The van der Waals surface area contributed by atoms with Crippen molar-refractivity contribution in [2.75, 3.05) is 50.0 Å². The molecule has 1 aromatic heterocycles. The van der Waals surface area contributed by atoms with E-state index in [1.54, 1.807) is 0 Å². The smallest absolute Gasteiger partial charge is 0.184 e. The van der Waals surface area contributed by atoms with Gasteiger partial charge in [-0.2, -0.15) is 8.75 Å². The highest BCUT2D eigenvalue weighted by atomic mass is 32.1. The predicted octanol–water partition coefficient (Wildman–Crippen LogP) is 2.81. The van der Waals surface area contributed by atoms with Gasteiger partial charge in [0.1, 0.15) is 5.75 Å². The summed E-state index contributed by atoms with van der Waals surface area (Å²) in [6, 6.07) is 8.43. The van der Waals surface area contributed by atoms with Crippen LogP contribution < -0.4 is 15.4 Å². The first-order chi connectivity index (χ1) is 13.3. The zero-order valence-corrected chi connectivity index (χ0v) is 16.5. The van der Waals surface area contributed by atoms with E-state index in [0.29, 0.717) is 19.0 Å². The molecule has 3 N–H and O–H groups in total. The van der Waals surface area contributed by atoms with Crippen molar-refractivity contribution in [3.05, 3.63) is 29.8 Å². The minimum absolute atomic E-state index is 0.0711. The molecule has 1 aromatic carbocycles. The molecule has 0 unspecified atom stereocenters. The van der Waals surface area contributed by atoms with Crippen molar-refractivity contribution in [1.82, 2.24) is 13.6 Å². The normalized spacial score (nSPS) is 14.9. The van der Waals surface area contributed by atoms with Crippen LogP contribution in [0, 0.1) is 0 Å². The molecule has 3 rings (SSSR count). The highest BCUT2D eigenvalue weighted by Gasteiger charge is 2.10. The topological polar surface area (TPSA) is 82.5 Å². The Morgan fingerprint density at radius 1 is 1.07 bits per heavy atom. The minimum atomic E-state index is 0.0711. The second kappa shape index (κ2) is 11.1. The number of likely N-dealkylation sites (tertiary alicyclic amines) is 1. The zero-order valence-electron chi connectivity index (χ0n) is 15.7. The van der Waals surface area contributed by atoms with Gasteiger partial charge in [-0.1, -0.05) is 18.6 Å². The first-order valence-corrected chi connectivity index (χ1v) is 10.4. The molecular formula is C19H29N5O2S. The van der Waals surface area contributed by atoms with Crippen LogP contribution in [-0.2, 0) is 6.54 Å². The highest BCUT2D eigenvalue weighted by Crippen LogP contribution is 2.19. The monoisotopic (exact) mass is 391 g/mol. The molecule has 0 aliphatic carbocycles. The summed E-state index contributed by atoms with van der Waals surface area (Å²) in [6.45, 7) is 5.37. The predicted molar refractivity (Wildman–Crippen MR) is 110 cm³/mol. The Labute approximate surface area is 165 Å². The van der Waals surface area contributed by atoms with E-state index in [4.69, 9.17) is 9.84 Å². The standard InChI is InChI=1S/C19H29N5O2S/c25-12-9-21-19-18(22-27-23-19)20-8-5-13-26-17-7-4-6-16(14-17)15-24-10-2-1-3-11-24/h4,6-7,14,25H,1-3,5,8-13,15H2,(H,20,22)(H,21,23). The summed E-state index contributed by atoms with van der Waals surface area (Å²) in [5.74, 6) is 2.36. The summed E-state index contributed by atoms with van der Waals surface area (Å²) in [4.78, 5) is 2.52. The van der Waals surface area contributed by atoms with E-state index in [1.165, 1.54) is 37.9 Å². The fraction of sp³-hybridized carbons (Fsp3) is 0.579. The Balaban J connectivity index is 1.36. The molecule has 1 saturated heterocycles. The Morgan fingerprint density at radius 2 is 1.85 bits per heavy atom. The number of rotatable bonds is 11. The molecule has 0 atom stereocenters. The van der Waals surface area contributed by atoms with Crippen LogP contribution >= 0.6 is 11.7 Å². The molecule has 2 aromatic rings. The van der Waals surface area contributed by atoms with Crippen molar-refractivity contribution in [1.29, 1.82) is 0 Å². The van der Waals surface area contributed by atoms with E-state index >= 15 is 0 Å². The number of nitrogens with zero attached hydrogens (tertiary/aromatic N) is 3. The van der Waals surface area contributed by atoms with Crippen LogP contribution in [0.1, 0.15) is 31.2 Å². The number of benzene rings is 1. The molecule has 1 aliphatic heterocycles. The van der Waals surface area contributed by atoms with Gasteiger partial charge in [-0.15, -0.1) is 0 Å². The Kier molecular flexibility index (Phi) is 8.13. The SMILES string of the molecule is OCCNc1nsnc1NCCCOc1cccc(CN2CCCCC2)c1. The highest BCUT2D eigenvalue weighted by molar-refractivity contribution is 6.99. The lowest BCUT2D eigenvalue weighted by Gasteiger charge is -2.26. The van der Waals surface area contributed by atoms with Crippen LogP contribution in [0.15, 0.2) is 24.3 Å². The summed E-state index contributed by atoms with van der Waals surface area (Å²) in [6.07, 6.45) is 4.86. The summed E-state index contributed by atoms with van der Waals surface area (Å²) >= 11 is 1.15. The quantitative estimate of drug-likeness (QED) is 0.508. The zero-order chi connectivity index (χ0) is 18.7. The van der Waals surface area contributed by atoms with Gasteiger partial charge in [0.15, 0.2) is 11.6 Å². The fourth-order valence-corrected chi connectivity index (χ4v) is 3.68. The minimum Gasteiger partial charge on any atom is -0.494 e. The molecule has 0 saturated carbocycles. The van der Waals surface area contributed by atoms with Crippen LogP contribution in [0.3, 0.4) is 0 Å². The average Bonchev–Trinajstić information content (AvgIpc) is 3.14. The van der Waals surface area contributed by atoms with Gasteiger partial charge in [0.2, 0.25) is 0 Å². The molecular weight excluding hydrogens is 362 g/mol. The van der Waals surface area contributed by atoms with Crippen molar-refractivity contribution in [3.63, 3.8) is 0 Å². The number of hydrogen-bond donors (Lipinski definition) is 3. The number of hydrogen-bond acceptors (Lipinski definition) is 8. The third-order valence-electron chi connectivity index (χ3n) is 4.53. The molecule has 148 valence electrons. The number of aliphatic hydroxyl groups is 1. The lowest BCUT2D eigenvalue weighted by Crippen LogP contribution is -2.29. The van der Waals surface area contributed by atoms with E-state index in [2.05, 4.69) is 42.5 Å². The van der Waals surface area contributed by atoms with Gasteiger partial charge in [-0.3, -0.25) is 4.90 Å². The van der Waals surface area contributed by atoms with Crippen molar-refractivity contribution < 1.29 is 9.84 Å². The maximum Gasteiger partial charge on any atom is 0.184 e. The first kappa shape index (κ1) is 19.9. The molecule has 2 heterocycles. The Morgan fingerprint density at radius 3 is 2.63 bits per heavy atom. The van der Waals surface area contributed by atoms with Crippen LogP contribution in [0.25, 0.3) is 0 Å². The fourth-order valence-electron chi connectivity index (χ4n) is 3.17. The largest absolute Gasteiger partial charge is 0.494 e. The van der Waals surface area contributed by atoms with Gasteiger partial charge in [-0.25, -0.2) is 0 Å². The Hall–Kier alpha value is -1.90. The molecule has 7 nitrogen and oxygen atoms in total. The number of piperidine rings is 1. The number of aliphatic hydroxyl groups excluding tert-OH is 1. The second-order valence-electron chi connectivity index (χ2n) is 6.72. The van der Waals surface area contributed by atoms with Crippen LogP contribution in [-0.4, -0.2) is 58.1 Å². The molecule has 1 fully saturated rings. The number of anilines is 2. The maximum atomic E-state index is 8.87. The third kappa shape index (κ3) is 6.64. The van der Waals surface area contributed by atoms with Crippen LogP contribution in [0.2, 0.25) is 0 Å². The summed E-state index contributed by atoms with van der Waals surface area (Å²) in [7, 11) is 0. The maximum absolute atomic E-state index is 8.87. The van der Waals surface area contributed by atoms with Crippen LogP contribution in [0.5, 0.6) is 5.75 Å². The summed E-state index contributed by atoms with van der Waals surface area (Å²) in [5.41, 5.74) is 1.32. The van der Waals surface area contributed by atoms with Crippen molar-refractivity contribution in [3.8, 4) is 5.75 Å². The van der Waals surface area contributed by atoms with Gasteiger partial charge in [-0.05, 0) is 50.0 Å². The molecule has 0 spiro atoms. The van der Waals surface area contributed by atoms with Crippen molar-refractivity contribution >= 4 is 23.4 Å². The molecule has 0 bridgehead atoms. The molecule has 0 amide bonds. The van der Waals surface area contributed by atoms with Gasteiger partial charge in [0.05, 0.1) is 24.9 Å². The third-order valence-corrected chi connectivity index (χ3v) is 5.06. The lowest BCUT2D eigenvalue weighted by molar-refractivity contribution is 0.220. The molecule has 27 heavy (non-hydrogen) atoms. The first-order valence-electron chi connectivity index (χ1n) is 9.70. The summed E-state index contributed by atoms with van der Waals surface area (Å²) in [5, 5.41) is 15.2. The lowest BCUT2D eigenvalue weighted by atomic mass is 10.1. The van der Waals surface area contributed by atoms with Gasteiger partial charge in [0.25, 0.3) is 0 Å². The Bertz CT molecular complexity index is 676. The van der Waals surface area contributed by atoms with Gasteiger partial charge >= 0.3 is 0 Å². The van der Waals surface area contributed by atoms with Crippen LogP contribution in [0.4, 0.5) is 11.6 Å². The number of nitrogens with one attached hydrogen (secondary N) is 2. The summed E-state index contributed by atoms with van der Waals surface area (Å²) < 4.78 is 14.3. The molecule has 8 heteroatoms. The van der Waals surface area contributed by atoms with E-state index in [1.807, 2.05) is 6.07 Å². The van der Waals surface area contributed by atoms with E-state index in [9.17, 15) is 0 Å². The second-order valence-corrected chi connectivity index (χ2v) is 7.25. The number of ether oxygens (including phenoxy) is 1. The van der Waals surface area contributed by atoms with E-state index in [0.717, 1.165) is 42.8 Å². The van der Waals surface area contributed by atoms with E-state index in [-0.39, 0.29) is 6.61 Å². The average molecular weight is 392 g/mol. The van der Waals surface area contributed by atoms with Gasteiger partial charge in [0, 0.05) is 19.6 Å². The molecule has 1 aliphatic rings.